The molecule has 112 valence electrons. The molecule has 2 aromatic rings. The summed E-state index contributed by atoms with van der Waals surface area (Å²) in [5.41, 5.74) is 2.18. The second-order valence-electron chi connectivity index (χ2n) is 4.74. The van der Waals surface area contributed by atoms with Crippen LogP contribution in [0, 0.1) is 6.92 Å². The average molecular weight is 305 g/mol. The van der Waals surface area contributed by atoms with Crippen LogP contribution in [-0.4, -0.2) is 19.9 Å². The molecule has 5 nitrogen and oxygen atoms in total. The molecule has 2 N–H and O–H groups in total. The summed E-state index contributed by atoms with van der Waals surface area (Å²) in [5, 5.41) is 3.21. The normalized spacial score (nSPS) is 11.1. The molecular weight excluding hydrogens is 286 g/mol. The topological polar surface area (TPSA) is 71.1 Å². The molecule has 0 bridgehead atoms. The lowest BCUT2D eigenvalue weighted by atomic mass is 10.3. The number of nitrogens with zero attached hydrogens (tertiary/aromatic N) is 1. The van der Waals surface area contributed by atoms with E-state index in [1.807, 2.05) is 6.92 Å². The fourth-order valence-corrected chi connectivity index (χ4v) is 2.89. The molecule has 21 heavy (non-hydrogen) atoms. The molecule has 2 rings (SSSR count). The smallest absolute Gasteiger partial charge is 0.261 e. The average Bonchev–Trinajstić information content (AvgIpc) is 2.45. The van der Waals surface area contributed by atoms with Crippen LogP contribution in [0.4, 0.5) is 11.4 Å². The Labute approximate surface area is 125 Å². The van der Waals surface area contributed by atoms with Gasteiger partial charge in [-0.2, -0.15) is 0 Å². The first-order valence-electron chi connectivity index (χ1n) is 6.80. The first kappa shape index (κ1) is 15.3. The van der Waals surface area contributed by atoms with E-state index in [2.05, 4.69) is 21.9 Å². The quantitative estimate of drug-likeness (QED) is 0.860. The van der Waals surface area contributed by atoms with E-state index in [-0.39, 0.29) is 4.90 Å². The Balaban J connectivity index is 2.15. The molecule has 0 aliphatic rings. The predicted molar refractivity (Wildman–Crippen MR) is 85.0 cm³/mol. The van der Waals surface area contributed by atoms with Crippen molar-refractivity contribution >= 4 is 21.4 Å². The van der Waals surface area contributed by atoms with Gasteiger partial charge < -0.3 is 5.32 Å². The molecule has 0 aliphatic carbocycles. The van der Waals surface area contributed by atoms with Crippen LogP contribution < -0.4 is 10.0 Å². The molecule has 1 aromatic heterocycles. The van der Waals surface area contributed by atoms with Crippen molar-refractivity contribution in [3.8, 4) is 0 Å². The first-order chi connectivity index (χ1) is 10.0. The van der Waals surface area contributed by atoms with Crippen LogP contribution in [-0.2, 0) is 10.0 Å². The largest absolute Gasteiger partial charge is 0.385 e. The van der Waals surface area contributed by atoms with E-state index in [0.29, 0.717) is 5.69 Å². The zero-order chi connectivity index (χ0) is 15.3. The summed E-state index contributed by atoms with van der Waals surface area (Å²) in [7, 11) is -3.57. The fourth-order valence-electron chi connectivity index (χ4n) is 1.84. The highest BCUT2D eigenvalue weighted by atomic mass is 32.2. The summed E-state index contributed by atoms with van der Waals surface area (Å²) in [6, 6.07) is 10.0. The maximum absolute atomic E-state index is 12.3. The van der Waals surface area contributed by atoms with Gasteiger partial charge >= 0.3 is 0 Å². The number of hydrogen-bond acceptors (Lipinski definition) is 4. The third-order valence-corrected chi connectivity index (χ3v) is 4.29. The Morgan fingerprint density at radius 3 is 2.43 bits per heavy atom. The SMILES string of the molecule is CCCNc1ccc(S(=O)(=O)Nc2ccnc(C)c2)cc1. The minimum Gasteiger partial charge on any atom is -0.385 e. The molecule has 0 fully saturated rings. The molecule has 0 atom stereocenters. The van der Waals surface area contributed by atoms with Crippen molar-refractivity contribution in [1.29, 1.82) is 0 Å². The molecule has 6 heteroatoms. The number of hydrogen-bond donors (Lipinski definition) is 2. The van der Waals surface area contributed by atoms with Crippen molar-refractivity contribution in [2.24, 2.45) is 0 Å². The van der Waals surface area contributed by atoms with Gasteiger partial charge in [0.05, 0.1) is 10.6 Å². The fraction of sp³-hybridized carbons (Fsp3) is 0.267. The van der Waals surface area contributed by atoms with E-state index in [9.17, 15) is 8.42 Å². The highest BCUT2D eigenvalue weighted by Crippen LogP contribution is 2.18. The standard InChI is InChI=1S/C15H19N3O2S/c1-3-9-17-13-4-6-15(7-5-13)21(19,20)18-14-8-10-16-12(2)11-14/h4-8,10-11,17H,3,9H2,1-2H3,(H,16,18). The number of rotatable bonds is 6. The number of aromatic nitrogens is 1. The Kier molecular flexibility index (Phi) is 4.80. The van der Waals surface area contributed by atoms with Crippen molar-refractivity contribution in [2.75, 3.05) is 16.6 Å². The van der Waals surface area contributed by atoms with Crippen molar-refractivity contribution in [3.05, 3.63) is 48.3 Å². The van der Waals surface area contributed by atoms with Gasteiger partial charge in [-0.05, 0) is 49.7 Å². The minimum absolute atomic E-state index is 0.235. The van der Waals surface area contributed by atoms with Crippen LogP contribution in [0.15, 0.2) is 47.5 Å². The van der Waals surface area contributed by atoms with Crippen molar-refractivity contribution in [2.45, 2.75) is 25.2 Å². The molecule has 1 heterocycles. The van der Waals surface area contributed by atoms with Crippen LogP contribution in [0.2, 0.25) is 0 Å². The zero-order valence-corrected chi connectivity index (χ0v) is 12.9. The maximum Gasteiger partial charge on any atom is 0.261 e. The highest BCUT2D eigenvalue weighted by Gasteiger charge is 2.14. The van der Waals surface area contributed by atoms with Crippen LogP contribution in [0.1, 0.15) is 19.0 Å². The van der Waals surface area contributed by atoms with E-state index in [1.165, 1.54) is 0 Å². The van der Waals surface area contributed by atoms with Gasteiger partial charge in [-0.25, -0.2) is 8.42 Å². The van der Waals surface area contributed by atoms with Crippen molar-refractivity contribution in [3.63, 3.8) is 0 Å². The second kappa shape index (κ2) is 6.58. The highest BCUT2D eigenvalue weighted by molar-refractivity contribution is 7.92. The monoisotopic (exact) mass is 305 g/mol. The van der Waals surface area contributed by atoms with Crippen LogP contribution >= 0.6 is 0 Å². The summed E-state index contributed by atoms with van der Waals surface area (Å²) < 4.78 is 27.1. The lowest BCUT2D eigenvalue weighted by molar-refractivity contribution is 0.601. The lowest BCUT2D eigenvalue weighted by Crippen LogP contribution is -2.13. The van der Waals surface area contributed by atoms with Crippen molar-refractivity contribution < 1.29 is 8.42 Å². The number of sulfonamides is 1. The van der Waals surface area contributed by atoms with Gasteiger partial charge in [-0.15, -0.1) is 0 Å². The predicted octanol–water partition coefficient (Wildman–Crippen LogP) is 3.01. The van der Waals surface area contributed by atoms with Crippen molar-refractivity contribution in [1.82, 2.24) is 4.98 Å². The molecule has 0 radical (unpaired) electrons. The molecule has 0 aliphatic heterocycles. The molecule has 0 saturated carbocycles. The van der Waals surface area contributed by atoms with Gasteiger partial charge in [0, 0.05) is 24.1 Å². The summed E-state index contributed by atoms with van der Waals surface area (Å²) >= 11 is 0. The van der Waals surface area contributed by atoms with Gasteiger partial charge in [0.25, 0.3) is 10.0 Å². The Hall–Kier alpha value is -2.08. The van der Waals surface area contributed by atoms with E-state index in [0.717, 1.165) is 24.3 Å². The summed E-state index contributed by atoms with van der Waals surface area (Å²) in [6.45, 7) is 4.75. The number of aryl methyl sites for hydroxylation is 1. The first-order valence-corrected chi connectivity index (χ1v) is 8.29. The Morgan fingerprint density at radius 2 is 1.81 bits per heavy atom. The van der Waals surface area contributed by atoms with E-state index in [4.69, 9.17) is 0 Å². The van der Waals surface area contributed by atoms with Gasteiger partial charge in [-0.3, -0.25) is 9.71 Å². The second-order valence-corrected chi connectivity index (χ2v) is 6.42. The molecular formula is C15H19N3O2S. The van der Waals surface area contributed by atoms with E-state index in [1.54, 1.807) is 42.6 Å². The van der Waals surface area contributed by atoms with Crippen LogP contribution in [0.5, 0.6) is 0 Å². The summed E-state index contributed by atoms with van der Waals surface area (Å²) in [5.74, 6) is 0. The van der Waals surface area contributed by atoms with Gasteiger partial charge in [-0.1, -0.05) is 6.92 Å². The zero-order valence-electron chi connectivity index (χ0n) is 12.1. The van der Waals surface area contributed by atoms with Gasteiger partial charge in [0.2, 0.25) is 0 Å². The number of nitrogens with one attached hydrogen (secondary N) is 2. The maximum atomic E-state index is 12.3. The van der Waals surface area contributed by atoms with Gasteiger partial charge in [0.1, 0.15) is 0 Å². The third kappa shape index (κ3) is 4.19. The summed E-state index contributed by atoms with van der Waals surface area (Å²) in [4.78, 5) is 4.27. The Bertz CT molecular complexity index is 697. The van der Waals surface area contributed by atoms with Gasteiger partial charge in [0.15, 0.2) is 0 Å². The number of benzene rings is 1. The molecule has 0 saturated heterocycles. The molecule has 0 amide bonds. The molecule has 0 unspecified atom stereocenters. The number of pyridine rings is 1. The molecule has 0 spiro atoms. The Morgan fingerprint density at radius 1 is 1.10 bits per heavy atom. The van der Waals surface area contributed by atoms with Crippen LogP contribution in [0.25, 0.3) is 0 Å². The van der Waals surface area contributed by atoms with Crippen LogP contribution in [0.3, 0.4) is 0 Å². The van der Waals surface area contributed by atoms with E-state index < -0.39 is 10.0 Å². The van der Waals surface area contributed by atoms with E-state index >= 15 is 0 Å². The minimum atomic E-state index is -3.57. The lowest BCUT2D eigenvalue weighted by Gasteiger charge is -2.10. The summed E-state index contributed by atoms with van der Waals surface area (Å²) in [6.07, 6.45) is 2.59. The third-order valence-electron chi connectivity index (χ3n) is 2.89. The molecule has 1 aromatic carbocycles. The number of anilines is 2.